The van der Waals surface area contributed by atoms with Gasteiger partial charge in [0.05, 0.1) is 23.9 Å². The third kappa shape index (κ3) is 2.56. The molecule has 4 rings (SSSR count). The van der Waals surface area contributed by atoms with Crippen molar-refractivity contribution >= 4 is 16.9 Å². The Kier molecular flexibility index (Phi) is 3.78. The van der Waals surface area contributed by atoms with Crippen molar-refractivity contribution in [1.82, 2.24) is 24.0 Å². The first-order valence-corrected chi connectivity index (χ1v) is 8.11. The molecule has 0 N–H and O–H groups in total. The van der Waals surface area contributed by atoms with Gasteiger partial charge in [0.1, 0.15) is 5.82 Å². The molecule has 7 heteroatoms. The Morgan fingerprint density at radius 1 is 1.04 bits per heavy atom. The topological polar surface area (TPSA) is 59.2 Å². The van der Waals surface area contributed by atoms with E-state index in [2.05, 4.69) is 19.8 Å². The molecule has 0 bridgehead atoms. The normalized spacial score (nSPS) is 16.0. The maximum absolute atomic E-state index is 12.5. The van der Waals surface area contributed by atoms with E-state index in [4.69, 9.17) is 0 Å². The fourth-order valence-corrected chi connectivity index (χ4v) is 3.27. The maximum Gasteiger partial charge on any atom is 0.329 e. The molecule has 3 aromatic rings. The highest BCUT2D eigenvalue weighted by Gasteiger charge is 2.20. The van der Waals surface area contributed by atoms with E-state index in [9.17, 15) is 4.79 Å². The molecule has 0 radical (unpaired) electrons. The summed E-state index contributed by atoms with van der Waals surface area (Å²) in [5, 5.41) is 0. The fourth-order valence-electron chi connectivity index (χ4n) is 3.27. The van der Waals surface area contributed by atoms with Crippen LogP contribution in [0.2, 0.25) is 0 Å². The van der Waals surface area contributed by atoms with E-state index < -0.39 is 0 Å². The van der Waals surface area contributed by atoms with Crippen LogP contribution in [0.3, 0.4) is 0 Å². The van der Waals surface area contributed by atoms with E-state index in [0.29, 0.717) is 6.67 Å². The molecule has 24 heavy (non-hydrogen) atoms. The van der Waals surface area contributed by atoms with Gasteiger partial charge in [0.2, 0.25) is 0 Å². The number of imidazole rings is 1. The summed E-state index contributed by atoms with van der Waals surface area (Å²) in [6.45, 7) is 4.18. The lowest BCUT2D eigenvalue weighted by atomic mass is 10.3. The van der Waals surface area contributed by atoms with E-state index in [-0.39, 0.29) is 5.69 Å². The van der Waals surface area contributed by atoms with E-state index in [1.807, 2.05) is 35.9 Å². The third-order valence-electron chi connectivity index (χ3n) is 4.64. The minimum atomic E-state index is 0.0348. The van der Waals surface area contributed by atoms with Crippen molar-refractivity contribution in [2.75, 3.05) is 31.1 Å². The van der Waals surface area contributed by atoms with Gasteiger partial charge in [-0.15, -0.1) is 0 Å². The van der Waals surface area contributed by atoms with Crippen molar-refractivity contribution < 1.29 is 0 Å². The second-order valence-corrected chi connectivity index (χ2v) is 6.07. The zero-order valence-electron chi connectivity index (χ0n) is 13.7. The Balaban J connectivity index is 1.50. The number of nitrogens with zero attached hydrogens (tertiary/aromatic N) is 6. The SMILES string of the molecule is Cn1c(=O)n(CN2CCN(c3cnccn3)CC2)c2ccccc21. The number of aryl methyl sites for hydroxylation is 1. The van der Waals surface area contributed by atoms with Crippen LogP contribution in [-0.2, 0) is 13.7 Å². The number of piperazine rings is 1. The van der Waals surface area contributed by atoms with Gasteiger partial charge in [-0.2, -0.15) is 0 Å². The molecular formula is C17H20N6O. The Morgan fingerprint density at radius 3 is 2.50 bits per heavy atom. The lowest BCUT2D eigenvalue weighted by molar-refractivity contribution is 0.205. The first-order valence-electron chi connectivity index (χ1n) is 8.11. The largest absolute Gasteiger partial charge is 0.353 e. The van der Waals surface area contributed by atoms with Crippen molar-refractivity contribution in [3.05, 3.63) is 53.3 Å². The highest BCUT2D eigenvalue weighted by molar-refractivity contribution is 5.75. The predicted molar refractivity (Wildman–Crippen MR) is 93.0 cm³/mol. The molecule has 0 saturated carbocycles. The maximum atomic E-state index is 12.5. The van der Waals surface area contributed by atoms with Crippen molar-refractivity contribution in [1.29, 1.82) is 0 Å². The van der Waals surface area contributed by atoms with Crippen LogP contribution in [0.4, 0.5) is 5.82 Å². The molecule has 2 aromatic heterocycles. The van der Waals surface area contributed by atoms with E-state index in [1.165, 1.54) is 0 Å². The van der Waals surface area contributed by atoms with Crippen LogP contribution >= 0.6 is 0 Å². The summed E-state index contributed by atoms with van der Waals surface area (Å²) in [7, 11) is 1.83. The Bertz CT molecular complexity index is 892. The summed E-state index contributed by atoms with van der Waals surface area (Å²) in [5.41, 5.74) is 2.00. The van der Waals surface area contributed by atoms with E-state index in [0.717, 1.165) is 43.0 Å². The highest BCUT2D eigenvalue weighted by Crippen LogP contribution is 2.15. The monoisotopic (exact) mass is 324 g/mol. The molecule has 7 nitrogen and oxygen atoms in total. The summed E-state index contributed by atoms with van der Waals surface area (Å²) in [5.74, 6) is 0.916. The number of aromatic nitrogens is 4. The summed E-state index contributed by atoms with van der Waals surface area (Å²) >= 11 is 0. The number of hydrogen-bond donors (Lipinski definition) is 0. The number of anilines is 1. The van der Waals surface area contributed by atoms with Gasteiger partial charge in [0.15, 0.2) is 0 Å². The van der Waals surface area contributed by atoms with Gasteiger partial charge in [-0.25, -0.2) is 9.78 Å². The molecule has 0 amide bonds. The van der Waals surface area contributed by atoms with Crippen LogP contribution in [0.5, 0.6) is 0 Å². The Labute approximate surface area is 139 Å². The molecule has 0 spiro atoms. The number of benzene rings is 1. The van der Waals surface area contributed by atoms with Crippen molar-refractivity contribution in [3.8, 4) is 0 Å². The standard InChI is InChI=1S/C17H20N6O/c1-20-14-4-2-3-5-15(14)23(17(20)24)13-21-8-10-22(11-9-21)16-12-18-6-7-19-16/h2-7,12H,8-11,13H2,1H3. The number of para-hydroxylation sites is 2. The number of rotatable bonds is 3. The van der Waals surface area contributed by atoms with Gasteiger partial charge in [-0.3, -0.25) is 19.0 Å². The van der Waals surface area contributed by atoms with Gasteiger partial charge < -0.3 is 4.90 Å². The minimum Gasteiger partial charge on any atom is -0.353 e. The lowest BCUT2D eigenvalue weighted by Crippen LogP contribution is -2.48. The van der Waals surface area contributed by atoms with Gasteiger partial charge in [-0.05, 0) is 12.1 Å². The van der Waals surface area contributed by atoms with Crippen LogP contribution in [-0.4, -0.2) is 50.2 Å². The lowest BCUT2D eigenvalue weighted by Gasteiger charge is -2.35. The van der Waals surface area contributed by atoms with Crippen LogP contribution < -0.4 is 10.6 Å². The zero-order chi connectivity index (χ0) is 16.5. The van der Waals surface area contributed by atoms with E-state index in [1.54, 1.807) is 23.2 Å². The second-order valence-electron chi connectivity index (χ2n) is 6.07. The molecule has 0 atom stereocenters. The van der Waals surface area contributed by atoms with Gasteiger partial charge in [0, 0.05) is 45.6 Å². The smallest absolute Gasteiger partial charge is 0.329 e. The molecule has 1 aliphatic heterocycles. The Morgan fingerprint density at radius 2 is 1.79 bits per heavy atom. The first-order chi connectivity index (χ1) is 11.7. The molecule has 1 saturated heterocycles. The summed E-state index contributed by atoms with van der Waals surface area (Å²) < 4.78 is 3.57. The number of hydrogen-bond acceptors (Lipinski definition) is 5. The second kappa shape index (κ2) is 6.09. The van der Waals surface area contributed by atoms with Crippen LogP contribution in [0, 0.1) is 0 Å². The molecule has 0 aliphatic carbocycles. The van der Waals surface area contributed by atoms with Gasteiger partial charge in [-0.1, -0.05) is 12.1 Å². The third-order valence-corrected chi connectivity index (χ3v) is 4.64. The average Bonchev–Trinajstić information content (AvgIpc) is 2.88. The van der Waals surface area contributed by atoms with Crippen LogP contribution in [0.15, 0.2) is 47.7 Å². The quantitative estimate of drug-likeness (QED) is 0.717. The molecule has 3 heterocycles. The van der Waals surface area contributed by atoms with Crippen LogP contribution in [0.1, 0.15) is 0 Å². The number of fused-ring (bicyclic) bond motifs is 1. The molecule has 1 fully saturated rings. The van der Waals surface area contributed by atoms with Crippen molar-refractivity contribution in [3.63, 3.8) is 0 Å². The molecule has 0 unspecified atom stereocenters. The predicted octanol–water partition coefficient (Wildman–Crippen LogP) is 0.910. The highest BCUT2D eigenvalue weighted by atomic mass is 16.1. The van der Waals surface area contributed by atoms with Gasteiger partial charge in [0.25, 0.3) is 0 Å². The summed E-state index contributed by atoms with van der Waals surface area (Å²) in [4.78, 5) is 25.5. The van der Waals surface area contributed by atoms with Crippen molar-refractivity contribution in [2.24, 2.45) is 7.05 Å². The van der Waals surface area contributed by atoms with Gasteiger partial charge >= 0.3 is 5.69 Å². The fraction of sp³-hybridized carbons (Fsp3) is 0.353. The molecule has 1 aromatic carbocycles. The average molecular weight is 324 g/mol. The molecule has 1 aliphatic rings. The zero-order valence-corrected chi connectivity index (χ0v) is 13.7. The minimum absolute atomic E-state index is 0.0348. The van der Waals surface area contributed by atoms with Crippen molar-refractivity contribution in [2.45, 2.75) is 6.67 Å². The first kappa shape index (κ1) is 14.9. The van der Waals surface area contributed by atoms with E-state index >= 15 is 0 Å². The molecular weight excluding hydrogens is 304 g/mol. The van der Waals surface area contributed by atoms with Crippen LogP contribution in [0.25, 0.3) is 11.0 Å². The summed E-state index contributed by atoms with van der Waals surface area (Å²) in [6, 6.07) is 7.93. The Hall–Kier alpha value is -2.67. The molecule has 124 valence electrons. The summed E-state index contributed by atoms with van der Waals surface area (Å²) in [6.07, 6.45) is 5.20.